The normalized spacial score (nSPS) is 11.1. The number of nitrogens with one attached hydrogen (secondary N) is 1. The fraction of sp³-hybridized carbons (Fsp3) is 0.588. The fourth-order valence-corrected chi connectivity index (χ4v) is 1.37. The van der Waals surface area contributed by atoms with E-state index in [-0.39, 0.29) is 6.04 Å². The van der Waals surface area contributed by atoms with Crippen molar-refractivity contribution in [2.75, 3.05) is 0 Å². The largest absolute Gasteiger partial charge is 0.505 e. The van der Waals surface area contributed by atoms with E-state index in [4.69, 9.17) is 4.74 Å². The standard InChI is InChI=1S/C13H18FNO3.2C2H6/c1-8(15-12(17)18-13(2,3)4)9-5-6-10(14)11(16)7-9;2*1-2/h5-8,16H,1-4H3,(H,15,17);2*1-2H3. The Morgan fingerprint density at radius 3 is 2.14 bits per heavy atom. The molecule has 2 N–H and O–H groups in total. The quantitative estimate of drug-likeness (QED) is 0.791. The van der Waals surface area contributed by atoms with Gasteiger partial charge in [0, 0.05) is 0 Å². The van der Waals surface area contributed by atoms with Crippen LogP contribution in [0.15, 0.2) is 18.2 Å². The molecule has 0 aliphatic heterocycles. The van der Waals surface area contributed by atoms with Gasteiger partial charge in [-0.3, -0.25) is 0 Å². The van der Waals surface area contributed by atoms with E-state index in [1.54, 1.807) is 27.7 Å². The first-order chi connectivity index (χ1) is 10.2. The lowest BCUT2D eigenvalue weighted by atomic mass is 10.1. The minimum atomic E-state index is -0.691. The molecule has 0 aromatic heterocycles. The Bertz CT molecular complexity index is 442. The topological polar surface area (TPSA) is 58.6 Å². The molecule has 0 spiro atoms. The molecule has 1 atom stereocenters. The summed E-state index contributed by atoms with van der Waals surface area (Å²) >= 11 is 0. The lowest BCUT2D eigenvalue weighted by molar-refractivity contribution is 0.0508. The molecule has 1 unspecified atom stereocenters. The Morgan fingerprint density at radius 1 is 1.23 bits per heavy atom. The highest BCUT2D eigenvalue weighted by Crippen LogP contribution is 2.21. The van der Waals surface area contributed by atoms with Crippen molar-refractivity contribution < 1.29 is 19.0 Å². The molecule has 0 aliphatic carbocycles. The minimum absolute atomic E-state index is 0.383. The Kier molecular flexibility index (Phi) is 11.1. The third-order valence-corrected chi connectivity index (χ3v) is 2.20. The van der Waals surface area contributed by atoms with E-state index in [9.17, 15) is 14.3 Å². The fourth-order valence-electron chi connectivity index (χ4n) is 1.37. The Labute approximate surface area is 133 Å². The van der Waals surface area contributed by atoms with E-state index in [1.165, 1.54) is 12.1 Å². The van der Waals surface area contributed by atoms with Gasteiger partial charge >= 0.3 is 6.09 Å². The van der Waals surface area contributed by atoms with Gasteiger partial charge in [-0.25, -0.2) is 9.18 Å². The molecule has 0 fully saturated rings. The maximum absolute atomic E-state index is 12.9. The number of carbonyl (C=O) groups is 1. The smallest absolute Gasteiger partial charge is 0.408 e. The maximum Gasteiger partial charge on any atom is 0.408 e. The van der Waals surface area contributed by atoms with Gasteiger partial charge in [0.25, 0.3) is 0 Å². The zero-order valence-corrected chi connectivity index (χ0v) is 15.0. The van der Waals surface area contributed by atoms with Gasteiger partial charge in [-0.15, -0.1) is 0 Å². The highest BCUT2D eigenvalue weighted by atomic mass is 19.1. The van der Waals surface area contributed by atoms with Crippen molar-refractivity contribution in [3.05, 3.63) is 29.6 Å². The number of benzene rings is 1. The number of ether oxygens (including phenoxy) is 1. The second-order valence-corrected chi connectivity index (χ2v) is 5.08. The van der Waals surface area contributed by atoms with Crippen LogP contribution in [0, 0.1) is 5.82 Å². The summed E-state index contributed by atoms with van der Waals surface area (Å²) in [5.74, 6) is -1.13. The predicted molar refractivity (Wildman–Crippen MR) is 88.5 cm³/mol. The second-order valence-electron chi connectivity index (χ2n) is 5.08. The second kappa shape index (κ2) is 10.9. The van der Waals surface area contributed by atoms with Crippen molar-refractivity contribution >= 4 is 6.09 Å². The molecule has 1 rings (SSSR count). The summed E-state index contributed by atoms with van der Waals surface area (Å²) in [4.78, 5) is 11.5. The van der Waals surface area contributed by atoms with E-state index < -0.39 is 23.3 Å². The first-order valence-corrected chi connectivity index (χ1v) is 7.67. The summed E-state index contributed by atoms with van der Waals surface area (Å²) in [6.45, 7) is 15.0. The van der Waals surface area contributed by atoms with Crippen molar-refractivity contribution in [1.82, 2.24) is 5.32 Å². The molecule has 128 valence electrons. The molecule has 0 heterocycles. The molecule has 5 heteroatoms. The van der Waals surface area contributed by atoms with Crippen molar-refractivity contribution in [1.29, 1.82) is 0 Å². The molecular formula is C17H30FNO3. The molecular weight excluding hydrogens is 285 g/mol. The van der Waals surface area contributed by atoms with Crippen molar-refractivity contribution in [2.45, 2.75) is 67.0 Å². The third-order valence-electron chi connectivity index (χ3n) is 2.20. The van der Waals surface area contributed by atoms with Crippen LogP contribution < -0.4 is 5.32 Å². The Hall–Kier alpha value is -1.78. The van der Waals surface area contributed by atoms with Crippen LogP contribution >= 0.6 is 0 Å². The highest BCUT2D eigenvalue weighted by Gasteiger charge is 2.18. The molecule has 0 bridgehead atoms. The number of phenols is 1. The van der Waals surface area contributed by atoms with Crippen LogP contribution in [0.4, 0.5) is 9.18 Å². The molecule has 22 heavy (non-hydrogen) atoms. The van der Waals surface area contributed by atoms with Gasteiger partial charge in [-0.05, 0) is 45.4 Å². The average molecular weight is 315 g/mol. The molecule has 0 saturated heterocycles. The lowest BCUT2D eigenvalue weighted by Gasteiger charge is -2.22. The van der Waals surface area contributed by atoms with Crippen molar-refractivity contribution in [3.63, 3.8) is 0 Å². The zero-order chi connectivity index (χ0) is 17.9. The van der Waals surface area contributed by atoms with E-state index in [2.05, 4.69) is 5.32 Å². The van der Waals surface area contributed by atoms with E-state index in [1.807, 2.05) is 27.7 Å². The molecule has 1 amide bonds. The van der Waals surface area contributed by atoms with Crippen LogP contribution in [0.5, 0.6) is 5.75 Å². The summed E-state index contributed by atoms with van der Waals surface area (Å²) in [5.41, 5.74) is 0.0223. The lowest BCUT2D eigenvalue weighted by Crippen LogP contribution is -2.34. The summed E-state index contributed by atoms with van der Waals surface area (Å²) < 4.78 is 18.0. The van der Waals surface area contributed by atoms with Gasteiger partial charge in [0.1, 0.15) is 5.60 Å². The first kappa shape index (κ1) is 22.5. The van der Waals surface area contributed by atoms with Gasteiger partial charge in [0.05, 0.1) is 6.04 Å². The van der Waals surface area contributed by atoms with Gasteiger partial charge in [0.15, 0.2) is 11.6 Å². The summed E-state index contributed by atoms with van der Waals surface area (Å²) in [5, 5.41) is 11.9. The van der Waals surface area contributed by atoms with Gasteiger partial charge in [-0.1, -0.05) is 33.8 Å². The molecule has 1 aromatic carbocycles. The van der Waals surface area contributed by atoms with Gasteiger partial charge in [-0.2, -0.15) is 0 Å². The number of hydrogen-bond acceptors (Lipinski definition) is 3. The van der Waals surface area contributed by atoms with Crippen LogP contribution in [0.3, 0.4) is 0 Å². The summed E-state index contributed by atoms with van der Waals surface area (Å²) in [6, 6.07) is 3.54. The monoisotopic (exact) mass is 315 g/mol. The van der Waals surface area contributed by atoms with Crippen LogP contribution in [0.25, 0.3) is 0 Å². The zero-order valence-electron chi connectivity index (χ0n) is 15.0. The third kappa shape index (κ3) is 9.21. The van der Waals surface area contributed by atoms with Gasteiger partial charge < -0.3 is 15.2 Å². The Balaban J connectivity index is 0. The number of hydrogen-bond donors (Lipinski definition) is 2. The minimum Gasteiger partial charge on any atom is -0.505 e. The highest BCUT2D eigenvalue weighted by molar-refractivity contribution is 5.68. The van der Waals surface area contributed by atoms with E-state index >= 15 is 0 Å². The number of rotatable bonds is 2. The first-order valence-electron chi connectivity index (χ1n) is 7.67. The molecule has 0 radical (unpaired) electrons. The summed E-state index contributed by atoms with van der Waals surface area (Å²) in [7, 11) is 0. The number of amides is 1. The van der Waals surface area contributed by atoms with Crippen LogP contribution in [0.1, 0.15) is 67.0 Å². The number of phenolic OH excluding ortho intramolecular Hbond substituents is 1. The maximum atomic E-state index is 12.9. The predicted octanol–water partition coefficient (Wildman–Crippen LogP) is 5.17. The van der Waals surface area contributed by atoms with Crippen molar-refractivity contribution in [2.24, 2.45) is 0 Å². The number of aromatic hydroxyl groups is 1. The van der Waals surface area contributed by atoms with Gasteiger partial charge in [0.2, 0.25) is 0 Å². The Morgan fingerprint density at radius 2 is 1.73 bits per heavy atom. The number of carbonyl (C=O) groups excluding carboxylic acids is 1. The van der Waals surface area contributed by atoms with Crippen molar-refractivity contribution in [3.8, 4) is 5.75 Å². The molecule has 1 aromatic rings. The number of halogens is 1. The van der Waals surface area contributed by atoms with Crippen LogP contribution in [0.2, 0.25) is 0 Å². The van der Waals surface area contributed by atoms with Crippen LogP contribution in [-0.4, -0.2) is 16.8 Å². The van der Waals surface area contributed by atoms with E-state index in [0.717, 1.165) is 6.07 Å². The van der Waals surface area contributed by atoms with E-state index in [0.29, 0.717) is 5.56 Å². The van der Waals surface area contributed by atoms with Crippen LogP contribution in [-0.2, 0) is 4.74 Å². The average Bonchev–Trinajstić information content (AvgIpc) is 2.44. The molecule has 0 saturated carbocycles. The summed E-state index contributed by atoms with van der Waals surface area (Å²) in [6.07, 6.45) is -0.557. The molecule has 4 nitrogen and oxygen atoms in total. The molecule has 0 aliphatic rings. The number of alkyl carbamates (subject to hydrolysis) is 1. The SMILES string of the molecule is CC.CC.CC(NC(=O)OC(C)(C)C)c1ccc(F)c(O)c1.